The molecule has 1 unspecified atom stereocenters. The number of carbonyl (C=O) groups is 2. The van der Waals surface area contributed by atoms with Crippen molar-refractivity contribution in [1.29, 1.82) is 0 Å². The standard InChI is InChI=1S/C26H31FN2O3/c27-22-12-5-4-11-21(22)26(14-6-7-15-26)24(31)29-16-8-13-25(18-29,17-23(28)30)19-32-20-9-2-1-3-10-20/h1-5,9-12H,6-8,13-19H2,(H2,28,30). The SMILES string of the molecule is NC(=O)CC1(COc2ccccc2)CCCN(C(=O)C2(c3ccccc3F)CCCC2)C1. The molecule has 1 atom stereocenters. The maximum atomic E-state index is 14.8. The van der Waals surface area contributed by atoms with Crippen molar-refractivity contribution in [3.05, 3.63) is 66.0 Å². The summed E-state index contributed by atoms with van der Waals surface area (Å²) >= 11 is 0. The number of primary amides is 1. The van der Waals surface area contributed by atoms with E-state index in [1.165, 1.54) is 6.07 Å². The summed E-state index contributed by atoms with van der Waals surface area (Å²) in [6.45, 7) is 1.29. The van der Waals surface area contributed by atoms with Crippen LogP contribution in [-0.4, -0.2) is 36.4 Å². The second kappa shape index (κ2) is 9.31. The molecule has 1 saturated carbocycles. The van der Waals surface area contributed by atoms with E-state index < -0.39 is 16.7 Å². The Bertz CT molecular complexity index is 959. The Kier molecular flexibility index (Phi) is 6.49. The number of piperidine rings is 1. The van der Waals surface area contributed by atoms with Crippen LogP contribution in [0.25, 0.3) is 0 Å². The van der Waals surface area contributed by atoms with E-state index in [-0.39, 0.29) is 18.1 Å². The average Bonchev–Trinajstić information content (AvgIpc) is 3.29. The van der Waals surface area contributed by atoms with Crippen LogP contribution in [0.3, 0.4) is 0 Å². The first-order valence-corrected chi connectivity index (χ1v) is 11.4. The van der Waals surface area contributed by atoms with Crippen LogP contribution in [0.1, 0.15) is 50.5 Å². The van der Waals surface area contributed by atoms with E-state index in [1.807, 2.05) is 35.2 Å². The van der Waals surface area contributed by atoms with E-state index >= 15 is 0 Å². The zero-order valence-electron chi connectivity index (χ0n) is 18.4. The number of halogens is 1. The molecule has 0 spiro atoms. The number of nitrogens with zero attached hydrogens (tertiary/aromatic N) is 1. The highest BCUT2D eigenvalue weighted by atomic mass is 19.1. The molecular weight excluding hydrogens is 407 g/mol. The number of ether oxygens (including phenoxy) is 1. The summed E-state index contributed by atoms with van der Waals surface area (Å²) in [5, 5.41) is 0. The Morgan fingerprint density at radius 1 is 0.969 bits per heavy atom. The molecule has 2 aromatic rings. The minimum Gasteiger partial charge on any atom is -0.493 e. The van der Waals surface area contributed by atoms with Gasteiger partial charge in [0.15, 0.2) is 0 Å². The monoisotopic (exact) mass is 438 g/mol. The highest BCUT2D eigenvalue weighted by molar-refractivity contribution is 5.89. The fraction of sp³-hybridized carbons (Fsp3) is 0.462. The van der Waals surface area contributed by atoms with Crippen molar-refractivity contribution in [3.63, 3.8) is 0 Å². The summed E-state index contributed by atoms with van der Waals surface area (Å²) in [5.41, 5.74) is 4.72. The molecule has 1 aliphatic heterocycles. The number of carbonyl (C=O) groups excluding carboxylic acids is 2. The van der Waals surface area contributed by atoms with Gasteiger partial charge >= 0.3 is 0 Å². The molecule has 5 nitrogen and oxygen atoms in total. The van der Waals surface area contributed by atoms with Crippen LogP contribution in [0.4, 0.5) is 4.39 Å². The molecule has 6 heteroatoms. The normalized spacial score (nSPS) is 22.5. The summed E-state index contributed by atoms with van der Waals surface area (Å²) < 4.78 is 20.8. The Labute approximate surface area is 188 Å². The predicted octanol–water partition coefficient (Wildman–Crippen LogP) is 4.20. The first kappa shape index (κ1) is 22.3. The van der Waals surface area contributed by atoms with E-state index in [0.29, 0.717) is 38.1 Å². The molecular formula is C26H31FN2O3. The lowest BCUT2D eigenvalue weighted by Crippen LogP contribution is -2.55. The maximum absolute atomic E-state index is 14.8. The topological polar surface area (TPSA) is 72.6 Å². The summed E-state index contributed by atoms with van der Waals surface area (Å²) in [6.07, 6.45) is 4.74. The number of hydrogen-bond acceptors (Lipinski definition) is 3. The summed E-state index contributed by atoms with van der Waals surface area (Å²) in [4.78, 5) is 27.7. The molecule has 170 valence electrons. The smallest absolute Gasteiger partial charge is 0.233 e. The van der Waals surface area contributed by atoms with Crippen molar-refractivity contribution in [2.75, 3.05) is 19.7 Å². The van der Waals surface area contributed by atoms with Crippen molar-refractivity contribution < 1.29 is 18.7 Å². The van der Waals surface area contributed by atoms with Crippen LogP contribution in [0.5, 0.6) is 5.75 Å². The Morgan fingerprint density at radius 2 is 1.66 bits per heavy atom. The van der Waals surface area contributed by atoms with Crippen LogP contribution in [-0.2, 0) is 15.0 Å². The molecule has 0 aromatic heterocycles. The molecule has 2 fully saturated rings. The van der Waals surface area contributed by atoms with Crippen molar-refractivity contribution in [2.45, 2.75) is 50.4 Å². The van der Waals surface area contributed by atoms with Gasteiger partial charge < -0.3 is 15.4 Å². The van der Waals surface area contributed by atoms with E-state index in [9.17, 15) is 14.0 Å². The predicted molar refractivity (Wildman–Crippen MR) is 121 cm³/mol. The van der Waals surface area contributed by atoms with Crippen LogP contribution >= 0.6 is 0 Å². The molecule has 32 heavy (non-hydrogen) atoms. The minimum absolute atomic E-state index is 0.0339. The lowest BCUT2D eigenvalue weighted by molar-refractivity contribution is -0.143. The molecule has 4 rings (SSSR count). The molecule has 0 bridgehead atoms. The van der Waals surface area contributed by atoms with E-state index in [2.05, 4.69) is 0 Å². The number of hydrogen-bond donors (Lipinski definition) is 1. The number of benzene rings is 2. The third-order valence-electron chi connectivity index (χ3n) is 7.04. The fourth-order valence-corrected chi connectivity index (χ4v) is 5.55. The first-order valence-electron chi connectivity index (χ1n) is 11.4. The lowest BCUT2D eigenvalue weighted by atomic mass is 9.74. The molecule has 2 amide bonds. The van der Waals surface area contributed by atoms with E-state index in [4.69, 9.17) is 10.5 Å². The van der Waals surface area contributed by atoms with Crippen LogP contribution in [0.2, 0.25) is 0 Å². The third kappa shape index (κ3) is 4.50. The van der Waals surface area contributed by atoms with Crippen molar-refractivity contribution >= 4 is 11.8 Å². The van der Waals surface area contributed by atoms with Gasteiger partial charge in [0, 0.05) is 30.5 Å². The van der Waals surface area contributed by atoms with Gasteiger partial charge in [0.05, 0.1) is 12.0 Å². The zero-order chi connectivity index (χ0) is 22.6. The van der Waals surface area contributed by atoms with Gasteiger partial charge in [0.25, 0.3) is 0 Å². The van der Waals surface area contributed by atoms with Gasteiger partial charge in [-0.25, -0.2) is 4.39 Å². The molecule has 0 radical (unpaired) electrons. The second-order valence-electron chi connectivity index (χ2n) is 9.34. The molecule has 2 aromatic carbocycles. The number of amides is 2. The van der Waals surface area contributed by atoms with Gasteiger partial charge in [-0.3, -0.25) is 9.59 Å². The number of para-hydroxylation sites is 1. The van der Waals surface area contributed by atoms with Crippen molar-refractivity contribution in [2.24, 2.45) is 11.1 Å². The summed E-state index contributed by atoms with van der Waals surface area (Å²) in [7, 11) is 0. The van der Waals surface area contributed by atoms with Gasteiger partial charge in [-0.1, -0.05) is 49.2 Å². The molecule has 1 heterocycles. The second-order valence-corrected chi connectivity index (χ2v) is 9.34. The Morgan fingerprint density at radius 3 is 2.34 bits per heavy atom. The third-order valence-corrected chi connectivity index (χ3v) is 7.04. The van der Waals surface area contributed by atoms with Gasteiger partial charge in [-0.2, -0.15) is 0 Å². The van der Waals surface area contributed by atoms with Gasteiger partial charge in [0.1, 0.15) is 11.6 Å². The Balaban J connectivity index is 1.59. The molecule has 2 aliphatic rings. The number of rotatable bonds is 7. The molecule has 2 N–H and O–H groups in total. The van der Waals surface area contributed by atoms with Crippen LogP contribution < -0.4 is 10.5 Å². The summed E-state index contributed by atoms with van der Waals surface area (Å²) in [6, 6.07) is 16.1. The van der Waals surface area contributed by atoms with Crippen molar-refractivity contribution in [1.82, 2.24) is 4.90 Å². The van der Waals surface area contributed by atoms with Crippen LogP contribution in [0, 0.1) is 11.2 Å². The highest BCUT2D eigenvalue weighted by Gasteiger charge is 2.49. The van der Waals surface area contributed by atoms with Gasteiger partial charge in [-0.05, 0) is 43.9 Å². The average molecular weight is 439 g/mol. The summed E-state index contributed by atoms with van der Waals surface area (Å²) in [5.74, 6) is -0.0389. The largest absolute Gasteiger partial charge is 0.493 e. The highest BCUT2D eigenvalue weighted by Crippen LogP contribution is 2.45. The fourth-order valence-electron chi connectivity index (χ4n) is 5.55. The first-order chi connectivity index (χ1) is 15.4. The quantitative estimate of drug-likeness (QED) is 0.704. The Hall–Kier alpha value is -2.89. The number of nitrogens with two attached hydrogens (primary N) is 1. The van der Waals surface area contributed by atoms with Gasteiger partial charge in [-0.15, -0.1) is 0 Å². The number of likely N-dealkylation sites (tertiary alicyclic amines) is 1. The van der Waals surface area contributed by atoms with Crippen LogP contribution in [0.15, 0.2) is 54.6 Å². The molecule has 1 saturated heterocycles. The zero-order valence-corrected chi connectivity index (χ0v) is 18.4. The van der Waals surface area contributed by atoms with E-state index in [1.54, 1.807) is 18.2 Å². The lowest BCUT2D eigenvalue weighted by Gasteiger charge is -2.45. The minimum atomic E-state index is -0.832. The molecule has 1 aliphatic carbocycles. The van der Waals surface area contributed by atoms with Gasteiger partial charge in [0.2, 0.25) is 11.8 Å². The van der Waals surface area contributed by atoms with Crippen molar-refractivity contribution in [3.8, 4) is 5.75 Å². The van der Waals surface area contributed by atoms with E-state index in [0.717, 1.165) is 31.4 Å². The maximum Gasteiger partial charge on any atom is 0.233 e.